The second-order valence-electron chi connectivity index (χ2n) is 8.38. The van der Waals surface area contributed by atoms with Crippen LogP contribution in [0.4, 0.5) is 23.3 Å². The van der Waals surface area contributed by atoms with E-state index in [-0.39, 0.29) is 0 Å². The summed E-state index contributed by atoms with van der Waals surface area (Å²) in [4.78, 5) is 16.4. The van der Waals surface area contributed by atoms with E-state index >= 15 is 0 Å². The van der Waals surface area contributed by atoms with Crippen LogP contribution in [0.5, 0.6) is 0 Å². The first-order valence-corrected chi connectivity index (χ1v) is 12.0. The zero-order valence-electron chi connectivity index (χ0n) is 20.9. The van der Waals surface area contributed by atoms with Gasteiger partial charge in [0, 0.05) is 51.6 Å². The average Bonchev–Trinajstić information content (AvgIpc) is 2.82. The zero-order chi connectivity index (χ0) is 24.5. The predicted octanol–water partition coefficient (Wildman–Crippen LogP) is 2.96. The molecule has 0 radical (unpaired) electrons. The van der Waals surface area contributed by atoms with Crippen molar-refractivity contribution in [3.8, 4) is 0 Å². The molecule has 1 fully saturated rings. The van der Waals surface area contributed by atoms with Crippen LogP contribution in [-0.2, 0) is 9.47 Å². The number of pyridine rings is 1. The highest BCUT2D eigenvalue weighted by Crippen LogP contribution is 2.30. The van der Waals surface area contributed by atoms with Crippen molar-refractivity contribution in [2.24, 2.45) is 0 Å². The lowest BCUT2D eigenvalue weighted by Crippen LogP contribution is -2.50. The molecule has 2 aromatic heterocycles. The third-order valence-corrected chi connectivity index (χ3v) is 5.54. The molecule has 2 aromatic rings. The molecule has 0 bridgehead atoms. The van der Waals surface area contributed by atoms with Crippen molar-refractivity contribution >= 4 is 29.0 Å². The zero-order valence-corrected chi connectivity index (χ0v) is 20.9. The molecule has 186 valence electrons. The number of piperazine rings is 1. The molecule has 3 heterocycles. The maximum absolute atomic E-state index is 8.90. The smallest absolute Gasteiger partial charge is 0.228 e. The van der Waals surface area contributed by atoms with E-state index in [1.165, 1.54) is 0 Å². The maximum atomic E-state index is 8.90. The minimum atomic E-state index is -0.410. The molecule has 0 spiro atoms. The Bertz CT molecular complexity index is 955. The molecular formula is C24H38N8O2. The van der Waals surface area contributed by atoms with Crippen molar-refractivity contribution in [1.82, 2.24) is 20.3 Å². The SMILES string of the molecule is CCOCCNc1c(Nc2cc(C)ccn2)nc(N2CCNC(C)C2)nc1C(=N)C(C)OCC. The van der Waals surface area contributed by atoms with Crippen LogP contribution in [0.3, 0.4) is 0 Å². The molecule has 4 N–H and O–H groups in total. The predicted molar refractivity (Wildman–Crippen MR) is 137 cm³/mol. The summed E-state index contributed by atoms with van der Waals surface area (Å²) in [7, 11) is 0. The minimum Gasteiger partial charge on any atom is -0.380 e. The van der Waals surface area contributed by atoms with Crippen molar-refractivity contribution in [3.05, 3.63) is 29.6 Å². The van der Waals surface area contributed by atoms with Gasteiger partial charge in [-0.3, -0.25) is 0 Å². The van der Waals surface area contributed by atoms with E-state index in [0.717, 1.165) is 25.2 Å². The van der Waals surface area contributed by atoms with E-state index in [9.17, 15) is 0 Å². The van der Waals surface area contributed by atoms with Gasteiger partial charge in [0.2, 0.25) is 5.95 Å². The number of aromatic nitrogens is 3. The van der Waals surface area contributed by atoms with Gasteiger partial charge in [-0.1, -0.05) is 0 Å². The third-order valence-electron chi connectivity index (χ3n) is 5.54. The Kier molecular flexibility index (Phi) is 9.55. The van der Waals surface area contributed by atoms with Crippen LogP contribution in [0.2, 0.25) is 0 Å². The largest absolute Gasteiger partial charge is 0.380 e. The van der Waals surface area contributed by atoms with Gasteiger partial charge in [0.15, 0.2) is 5.82 Å². The third kappa shape index (κ3) is 6.85. The van der Waals surface area contributed by atoms with E-state index in [1.807, 2.05) is 39.8 Å². The monoisotopic (exact) mass is 470 g/mol. The van der Waals surface area contributed by atoms with Gasteiger partial charge in [-0.25, -0.2) is 9.97 Å². The van der Waals surface area contributed by atoms with E-state index in [4.69, 9.17) is 24.9 Å². The quantitative estimate of drug-likeness (QED) is 0.274. The van der Waals surface area contributed by atoms with Crippen LogP contribution < -0.4 is 20.9 Å². The first-order chi connectivity index (χ1) is 16.4. The van der Waals surface area contributed by atoms with Gasteiger partial charge >= 0.3 is 0 Å². The minimum absolute atomic E-state index is 0.299. The first-order valence-electron chi connectivity index (χ1n) is 12.0. The Balaban J connectivity index is 2.07. The van der Waals surface area contributed by atoms with E-state index in [1.54, 1.807) is 6.20 Å². The molecule has 1 aliphatic heterocycles. The summed E-state index contributed by atoms with van der Waals surface area (Å²) in [5, 5.41) is 19.1. The molecule has 0 amide bonds. The summed E-state index contributed by atoms with van der Waals surface area (Å²) < 4.78 is 11.3. The molecule has 2 unspecified atom stereocenters. The Hall–Kier alpha value is -2.82. The maximum Gasteiger partial charge on any atom is 0.228 e. The fourth-order valence-electron chi connectivity index (χ4n) is 3.80. The summed E-state index contributed by atoms with van der Waals surface area (Å²) in [6.45, 7) is 14.6. The fraction of sp³-hybridized carbons (Fsp3) is 0.583. The van der Waals surface area contributed by atoms with E-state index in [0.29, 0.717) is 67.1 Å². The van der Waals surface area contributed by atoms with Crippen molar-refractivity contribution < 1.29 is 9.47 Å². The van der Waals surface area contributed by atoms with Crippen molar-refractivity contribution in [3.63, 3.8) is 0 Å². The molecule has 1 saturated heterocycles. The van der Waals surface area contributed by atoms with Gasteiger partial charge < -0.3 is 35.7 Å². The summed E-state index contributed by atoms with van der Waals surface area (Å²) >= 11 is 0. The Morgan fingerprint density at radius 2 is 2.15 bits per heavy atom. The highest BCUT2D eigenvalue weighted by Gasteiger charge is 2.26. The van der Waals surface area contributed by atoms with Gasteiger partial charge in [0.1, 0.15) is 17.2 Å². The molecule has 2 atom stereocenters. The van der Waals surface area contributed by atoms with Crippen molar-refractivity contribution in [2.45, 2.75) is 46.8 Å². The molecule has 1 aliphatic rings. The van der Waals surface area contributed by atoms with Gasteiger partial charge in [0.05, 0.1) is 18.4 Å². The van der Waals surface area contributed by atoms with Gasteiger partial charge in [0.25, 0.3) is 0 Å². The number of nitrogens with zero attached hydrogens (tertiary/aromatic N) is 4. The van der Waals surface area contributed by atoms with Crippen LogP contribution in [0, 0.1) is 12.3 Å². The number of ether oxygens (including phenoxy) is 2. The number of nitrogens with one attached hydrogen (secondary N) is 4. The molecule has 0 saturated carbocycles. The molecule has 0 aliphatic carbocycles. The summed E-state index contributed by atoms with van der Waals surface area (Å²) in [5.74, 6) is 1.85. The Morgan fingerprint density at radius 1 is 1.32 bits per heavy atom. The Morgan fingerprint density at radius 3 is 2.85 bits per heavy atom. The van der Waals surface area contributed by atoms with Crippen LogP contribution in [0.15, 0.2) is 18.3 Å². The Labute approximate surface area is 202 Å². The molecule has 10 heteroatoms. The summed E-state index contributed by atoms with van der Waals surface area (Å²) in [5.41, 5.74) is 2.55. The molecule has 34 heavy (non-hydrogen) atoms. The van der Waals surface area contributed by atoms with E-state index < -0.39 is 6.10 Å². The van der Waals surface area contributed by atoms with Crippen molar-refractivity contribution in [2.75, 3.05) is 61.5 Å². The molecule has 3 rings (SSSR count). The summed E-state index contributed by atoms with van der Waals surface area (Å²) in [6.07, 6.45) is 1.35. The molecule has 0 aromatic carbocycles. The average molecular weight is 471 g/mol. The van der Waals surface area contributed by atoms with Gasteiger partial charge in [-0.2, -0.15) is 4.98 Å². The number of hydrogen-bond acceptors (Lipinski definition) is 10. The highest BCUT2D eigenvalue weighted by atomic mass is 16.5. The second-order valence-corrected chi connectivity index (χ2v) is 8.38. The van der Waals surface area contributed by atoms with E-state index in [2.05, 4.69) is 32.8 Å². The lowest BCUT2D eigenvalue weighted by atomic mass is 10.1. The number of anilines is 4. The second kappa shape index (κ2) is 12.6. The molecule has 10 nitrogen and oxygen atoms in total. The van der Waals surface area contributed by atoms with Crippen molar-refractivity contribution in [1.29, 1.82) is 5.41 Å². The number of rotatable bonds is 12. The normalized spacial score (nSPS) is 16.9. The topological polar surface area (TPSA) is 120 Å². The number of hydrogen-bond donors (Lipinski definition) is 4. The lowest BCUT2D eigenvalue weighted by Gasteiger charge is -2.32. The summed E-state index contributed by atoms with van der Waals surface area (Å²) in [6, 6.07) is 4.23. The fourth-order valence-corrected chi connectivity index (χ4v) is 3.80. The highest BCUT2D eigenvalue weighted by molar-refractivity contribution is 6.06. The number of aryl methyl sites for hydroxylation is 1. The lowest BCUT2D eigenvalue weighted by molar-refractivity contribution is 0.122. The van der Waals surface area contributed by atoms with Crippen LogP contribution >= 0.6 is 0 Å². The van der Waals surface area contributed by atoms with Gasteiger partial charge in [-0.05, 0) is 52.3 Å². The first kappa shape index (κ1) is 25.8. The van der Waals surface area contributed by atoms with Crippen LogP contribution in [0.25, 0.3) is 0 Å². The van der Waals surface area contributed by atoms with Crippen LogP contribution in [-0.4, -0.2) is 78.8 Å². The standard InChI is InChI=1S/C24H38N8O2/c1-6-33-13-11-28-22-21(20(25)18(5)34-7-2)30-24(32-12-10-26-17(4)15-32)31-23(22)29-19-14-16(3)8-9-27-19/h8-9,14,17-18,25-26,28H,6-7,10-13,15H2,1-5H3,(H,27,29,30,31). The van der Waals surface area contributed by atoms with Gasteiger partial charge in [-0.15, -0.1) is 0 Å². The molecular weight excluding hydrogens is 432 g/mol. The van der Waals surface area contributed by atoms with Crippen LogP contribution in [0.1, 0.15) is 39.0 Å².